The van der Waals surface area contributed by atoms with E-state index in [0.29, 0.717) is 12.6 Å². The molecule has 1 fully saturated rings. The van der Waals surface area contributed by atoms with E-state index >= 15 is 0 Å². The van der Waals surface area contributed by atoms with E-state index in [1.54, 1.807) is 0 Å². The Morgan fingerprint density at radius 3 is 2.84 bits per heavy atom. The number of likely N-dealkylation sites (tertiary alicyclic amines) is 1. The van der Waals surface area contributed by atoms with Crippen molar-refractivity contribution >= 4 is 5.91 Å². The molecule has 1 saturated heterocycles. The van der Waals surface area contributed by atoms with E-state index in [0.717, 1.165) is 45.5 Å². The number of nitrogens with two attached hydrogens (primary N) is 1. The molecule has 19 heavy (non-hydrogen) atoms. The zero-order valence-electron chi connectivity index (χ0n) is 12.6. The number of ether oxygens (including phenoxy) is 1. The van der Waals surface area contributed by atoms with E-state index in [-0.39, 0.29) is 5.91 Å². The van der Waals surface area contributed by atoms with Crippen LogP contribution in [0.25, 0.3) is 0 Å². The maximum Gasteiger partial charge on any atom is 0.238 e. The number of carbonyl (C=O) groups excluding carboxylic acids is 1. The lowest BCUT2D eigenvalue weighted by Gasteiger charge is -2.38. The number of piperidine rings is 1. The summed E-state index contributed by atoms with van der Waals surface area (Å²) in [6.45, 7) is 10.1. The van der Waals surface area contributed by atoms with Crippen molar-refractivity contribution in [1.29, 1.82) is 0 Å². The Kier molecular flexibility index (Phi) is 6.75. The van der Waals surface area contributed by atoms with Gasteiger partial charge in [0.05, 0.1) is 6.10 Å². The van der Waals surface area contributed by atoms with E-state index in [1.807, 2.05) is 13.8 Å². The molecule has 0 aromatic rings. The summed E-state index contributed by atoms with van der Waals surface area (Å²) < 4.78 is 5.69. The zero-order chi connectivity index (χ0) is 14.3. The lowest BCUT2D eigenvalue weighted by atomic mass is 9.98. The standard InChI is InChI=1S/C14H29N3O2/c1-4-8-16-14(3,13(15)18)11-17-9-6-7-12(10-17)19-5-2/h12,16H,4-11H2,1-3H3,(H2,15,18). The number of nitrogens with zero attached hydrogens (tertiary/aromatic N) is 1. The van der Waals surface area contributed by atoms with Gasteiger partial charge >= 0.3 is 0 Å². The summed E-state index contributed by atoms with van der Waals surface area (Å²) in [5.74, 6) is -0.278. The van der Waals surface area contributed by atoms with Gasteiger partial charge < -0.3 is 15.8 Å². The first kappa shape index (κ1) is 16.4. The third-order valence-electron chi connectivity index (χ3n) is 3.71. The van der Waals surface area contributed by atoms with Crippen molar-refractivity contribution < 1.29 is 9.53 Å². The van der Waals surface area contributed by atoms with Gasteiger partial charge in [-0.15, -0.1) is 0 Å². The van der Waals surface area contributed by atoms with Gasteiger partial charge in [0.1, 0.15) is 5.54 Å². The second kappa shape index (κ2) is 7.82. The molecule has 1 amide bonds. The summed E-state index contributed by atoms with van der Waals surface area (Å²) in [6, 6.07) is 0. The van der Waals surface area contributed by atoms with Crippen LogP contribution in [0.15, 0.2) is 0 Å². The molecule has 1 aliphatic rings. The predicted octanol–water partition coefficient (Wildman–Crippen LogP) is 0.731. The van der Waals surface area contributed by atoms with Gasteiger partial charge in [-0.25, -0.2) is 0 Å². The van der Waals surface area contributed by atoms with Gasteiger partial charge in [0, 0.05) is 19.7 Å². The maximum absolute atomic E-state index is 11.7. The van der Waals surface area contributed by atoms with Crippen molar-refractivity contribution in [3.8, 4) is 0 Å². The molecule has 1 aliphatic heterocycles. The fourth-order valence-electron chi connectivity index (χ4n) is 2.60. The molecule has 5 nitrogen and oxygen atoms in total. The van der Waals surface area contributed by atoms with Gasteiger partial charge in [0.25, 0.3) is 0 Å². The van der Waals surface area contributed by atoms with Crippen LogP contribution in [0.5, 0.6) is 0 Å². The highest BCUT2D eigenvalue weighted by atomic mass is 16.5. The van der Waals surface area contributed by atoms with E-state index < -0.39 is 5.54 Å². The Labute approximate surface area is 116 Å². The van der Waals surface area contributed by atoms with Gasteiger partial charge in [0.2, 0.25) is 5.91 Å². The highest BCUT2D eigenvalue weighted by molar-refractivity contribution is 5.84. The van der Waals surface area contributed by atoms with E-state index in [9.17, 15) is 4.79 Å². The summed E-state index contributed by atoms with van der Waals surface area (Å²) in [4.78, 5) is 14.0. The molecule has 2 unspecified atom stereocenters. The average molecular weight is 271 g/mol. The van der Waals surface area contributed by atoms with Crippen LogP contribution in [0.3, 0.4) is 0 Å². The van der Waals surface area contributed by atoms with Gasteiger partial charge in [-0.2, -0.15) is 0 Å². The highest BCUT2D eigenvalue weighted by Crippen LogP contribution is 2.16. The second-order valence-corrected chi connectivity index (χ2v) is 5.58. The van der Waals surface area contributed by atoms with E-state index in [4.69, 9.17) is 10.5 Å². The molecule has 0 aromatic heterocycles. The summed E-state index contributed by atoms with van der Waals surface area (Å²) in [5.41, 5.74) is 4.91. The second-order valence-electron chi connectivity index (χ2n) is 5.58. The summed E-state index contributed by atoms with van der Waals surface area (Å²) in [6.07, 6.45) is 3.51. The van der Waals surface area contributed by atoms with Crippen molar-refractivity contribution in [2.24, 2.45) is 5.73 Å². The Bertz CT molecular complexity index is 284. The molecule has 112 valence electrons. The monoisotopic (exact) mass is 271 g/mol. The van der Waals surface area contributed by atoms with Crippen molar-refractivity contribution in [1.82, 2.24) is 10.2 Å². The molecule has 5 heteroatoms. The predicted molar refractivity (Wildman–Crippen MR) is 77.0 cm³/mol. The number of amides is 1. The number of hydrogen-bond acceptors (Lipinski definition) is 4. The molecule has 0 spiro atoms. The molecule has 3 N–H and O–H groups in total. The minimum Gasteiger partial charge on any atom is -0.377 e. The molecule has 1 rings (SSSR count). The number of hydrogen-bond donors (Lipinski definition) is 2. The molecular weight excluding hydrogens is 242 g/mol. The molecule has 0 radical (unpaired) electrons. The molecule has 2 atom stereocenters. The average Bonchev–Trinajstić information content (AvgIpc) is 2.37. The van der Waals surface area contributed by atoms with Crippen molar-refractivity contribution in [2.45, 2.75) is 51.7 Å². The van der Waals surface area contributed by atoms with Gasteiger partial charge in [-0.1, -0.05) is 6.92 Å². The first-order valence-corrected chi connectivity index (χ1v) is 7.40. The lowest BCUT2D eigenvalue weighted by molar-refractivity contribution is -0.125. The highest BCUT2D eigenvalue weighted by Gasteiger charge is 2.34. The van der Waals surface area contributed by atoms with Crippen LogP contribution in [0.4, 0.5) is 0 Å². The molecule has 1 heterocycles. The molecule has 0 aliphatic carbocycles. The fraction of sp³-hybridized carbons (Fsp3) is 0.929. The van der Waals surface area contributed by atoms with Crippen molar-refractivity contribution in [2.75, 3.05) is 32.8 Å². The number of carbonyl (C=O) groups is 1. The zero-order valence-corrected chi connectivity index (χ0v) is 12.6. The fourth-order valence-corrected chi connectivity index (χ4v) is 2.60. The SMILES string of the molecule is CCCNC(C)(CN1CCCC(OCC)C1)C(N)=O. The lowest BCUT2D eigenvalue weighted by Crippen LogP contribution is -2.61. The molecular formula is C14H29N3O2. The van der Waals surface area contributed by atoms with E-state index in [1.165, 1.54) is 0 Å². The normalized spacial score (nSPS) is 24.1. The number of nitrogens with one attached hydrogen (secondary N) is 1. The first-order valence-electron chi connectivity index (χ1n) is 7.40. The van der Waals surface area contributed by atoms with Crippen molar-refractivity contribution in [3.05, 3.63) is 0 Å². The third kappa shape index (κ3) is 5.09. The number of primary amides is 1. The minimum absolute atomic E-state index is 0.278. The Balaban J connectivity index is 2.55. The minimum atomic E-state index is -0.649. The van der Waals surface area contributed by atoms with Gasteiger partial charge in [-0.05, 0) is 46.2 Å². The summed E-state index contributed by atoms with van der Waals surface area (Å²) in [7, 11) is 0. The molecule has 0 saturated carbocycles. The van der Waals surface area contributed by atoms with E-state index in [2.05, 4.69) is 17.1 Å². The van der Waals surface area contributed by atoms with Crippen LogP contribution in [0.2, 0.25) is 0 Å². The first-order chi connectivity index (χ1) is 9.01. The van der Waals surface area contributed by atoms with Crippen LogP contribution in [0.1, 0.15) is 40.0 Å². The smallest absolute Gasteiger partial charge is 0.238 e. The van der Waals surface area contributed by atoms with Gasteiger partial charge in [0.15, 0.2) is 0 Å². The molecule has 0 bridgehead atoms. The van der Waals surface area contributed by atoms with Crippen LogP contribution in [0, 0.1) is 0 Å². The summed E-state index contributed by atoms with van der Waals surface area (Å²) in [5, 5.41) is 3.28. The largest absolute Gasteiger partial charge is 0.377 e. The molecule has 0 aromatic carbocycles. The topological polar surface area (TPSA) is 67.6 Å². The van der Waals surface area contributed by atoms with Crippen LogP contribution in [-0.4, -0.2) is 55.2 Å². The quantitative estimate of drug-likeness (QED) is 0.683. The Hall–Kier alpha value is -0.650. The third-order valence-corrected chi connectivity index (χ3v) is 3.71. The van der Waals surface area contributed by atoms with Crippen molar-refractivity contribution in [3.63, 3.8) is 0 Å². The number of rotatable bonds is 8. The maximum atomic E-state index is 11.7. The van der Waals surface area contributed by atoms with Crippen LogP contribution in [-0.2, 0) is 9.53 Å². The van der Waals surface area contributed by atoms with Crippen LogP contribution < -0.4 is 11.1 Å². The Morgan fingerprint density at radius 2 is 2.26 bits per heavy atom. The Morgan fingerprint density at radius 1 is 1.53 bits per heavy atom. The van der Waals surface area contributed by atoms with Crippen LogP contribution >= 0.6 is 0 Å². The summed E-state index contributed by atoms with van der Waals surface area (Å²) >= 11 is 0. The van der Waals surface area contributed by atoms with Gasteiger partial charge in [-0.3, -0.25) is 9.69 Å².